The first-order valence-corrected chi connectivity index (χ1v) is 8.78. The molecule has 1 aromatic rings. The second-order valence-corrected chi connectivity index (χ2v) is 6.39. The Labute approximate surface area is 153 Å². The molecule has 1 amide bonds. The van der Waals surface area contributed by atoms with Crippen LogP contribution in [0.1, 0.15) is 43.9 Å². The smallest absolute Gasteiger partial charge is 0.305 e. The van der Waals surface area contributed by atoms with Crippen LogP contribution in [0.2, 0.25) is 0 Å². The molecule has 0 aliphatic carbocycles. The zero-order valence-electron chi connectivity index (χ0n) is 15.8. The average Bonchev–Trinajstić information content (AvgIpc) is 2.64. The van der Waals surface area contributed by atoms with Crippen molar-refractivity contribution in [3.63, 3.8) is 0 Å². The molecule has 144 valence electrons. The number of hydrogen-bond acceptors (Lipinski definition) is 5. The average molecular weight is 365 g/mol. The van der Waals surface area contributed by atoms with Crippen molar-refractivity contribution in [1.29, 1.82) is 0 Å². The molecule has 0 aromatic heterocycles. The highest BCUT2D eigenvalue weighted by atomic mass is 16.5. The first kappa shape index (κ1) is 20.0. The minimum absolute atomic E-state index is 0.0155. The van der Waals surface area contributed by atoms with Crippen molar-refractivity contribution in [1.82, 2.24) is 4.90 Å². The van der Waals surface area contributed by atoms with Crippen molar-refractivity contribution in [3.05, 3.63) is 23.3 Å². The zero-order valence-corrected chi connectivity index (χ0v) is 15.8. The predicted octanol–water partition coefficient (Wildman–Crippen LogP) is 2.42. The van der Waals surface area contributed by atoms with Crippen LogP contribution in [0.3, 0.4) is 0 Å². The highest BCUT2D eigenvalue weighted by Gasteiger charge is 2.33. The lowest BCUT2D eigenvalue weighted by Crippen LogP contribution is -2.43. The number of hydrogen-bond donors (Lipinski definition) is 1. The van der Waals surface area contributed by atoms with Gasteiger partial charge in [0.1, 0.15) is 6.61 Å². The van der Waals surface area contributed by atoms with Crippen molar-refractivity contribution >= 4 is 11.9 Å². The molecule has 7 heteroatoms. The maximum absolute atomic E-state index is 12.6. The molecule has 1 N–H and O–H groups in total. The van der Waals surface area contributed by atoms with Gasteiger partial charge in [0.25, 0.3) is 0 Å². The summed E-state index contributed by atoms with van der Waals surface area (Å²) in [6.07, 6.45) is 1.25. The maximum Gasteiger partial charge on any atom is 0.305 e. The van der Waals surface area contributed by atoms with Gasteiger partial charge in [0.15, 0.2) is 11.5 Å². The number of aliphatic carboxylic acids is 1. The summed E-state index contributed by atoms with van der Waals surface area (Å²) in [7, 11) is 3.09. The molecule has 2 rings (SSSR count). The quantitative estimate of drug-likeness (QED) is 0.761. The number of rotatable bonds is 8. The number of nitrogens with zero attached hydrogens (tertiary/aromatic N) is 1. The van der Waals surface area contributed by atoms with E-state index >= 15 is 0 Å². The highest BCUT2D eigenvalue weighted by Crippen LogP contribution is 2.39. The second-order valence-electron chi connectivity index (χ2n) is 6.39. The van der Waals surface area contributed by atoms with Crippen LogP contribution in [0.4, 0.5) is 0 Å². The molecule has 0 bridgehead atoms. The lowest BCUT2D eigenvalue weighted by atomic mass is 9.90. The Bertz CT molecular complexity index is 660. The van der Waals surface area contributed by atoms with E-state index in [-0.39, 0.29) is 25.0 Å². The van der Waals surface area contributed by atoms with Crippen LogP contribution in [-0.4, -0.2) is 55.4 Å². The second kappa shape index (κ2) is 8.89. The maximum atomic E-state index is 12.6. The number of carbonyl (C=O) groups excluding carboxylic acids is 1. The molecule has 0 radical (unpaired) electrons. The first-order chi connectivity index (χ1) is 12.4. The van der Waals surface area contributed by atoms with E-state index in [0.717, 1.165) is 17.5 Å². The standard InChI is InChI=1S/C19H27NO6/c1-5-12(2)26-11-18(21)20-7-6-13-8-16(24-3)17(25-4)9-14(13)15(20)10-19(22)23/h8-9,12,15H,5-7,10-11H2,1-4H3,(H,22,23). The lowest BCUT2D eigenvalue weighted by Gasteiger charge is -2.37. The molecule has 0 spiro atoms. The van der Waals surface area contributed by atoms with Crippen molar-refractivity contribution in [2.24, 2.45) is 0 Å². The molecule has 1 aliphatic rings. The first-order valence-electron chi connectivity index (χ1n) is 8.78. The van der Waals surface area contributed by atoms with Crippen LogP contribution in [-0.2, 0) is 20.7 Å². The summed E-state index contributed by atoms with van der Waals surface area (Å²) in [5.41, 5.74) is 1.76. The highest BCUT2D eigenvalue weighted by molar-refractivity contribution is 5.79. The minimum atomic E-state index is -0.960. The Morgan fingerprint density at radius 2 is 1.92 bits per heavy atom. The van der Waals surface area contributed by atoms with E-state index in [1.165, 1.54) is 7.11 Å². The Hall–Kier alpha value is -2.28. The number of amides is 1. The van der Waals surface area contributed by atoms with Crippen molar-refractivity contribution < 1.29 is 28.9 Å². The summed E-state index contributed by atoms with van der Waals surface area (Å²) in [5, 5.41) is 9.35. The van der Waals surface area contributed by atoms with E-state index in [0.29, 0.717) is 24.5 Å². The van der Waals surface area contributed by atoms with Crippen LogP contribution in [0.25, 0.3) is 0 Å². The van der Waals surface area contributed by atoms with Gasteiger partial charge in [-0.2, -0.15) is 0 Å². The van der Waals surface area contributed by atoms with Gasteiger partial charge in [0, 0.05) is 6.54 Å². The van der Waals surface area contributed by atoms with Crippen LogP contribution < -0.4 is 9.47 Å². The molecule has 7 nitrogen and oxygen atoms in total. The van der Waals surface area contributed by atoms with Gasteiger partial charge < -0.3 is 24.2 Å². The summed E-state index contributed by atoms with van der Waals surface area (Å²) in [6.45, 7) is 4.29. The van der Waals surface area contributed by atoms with E-state index in [2.05, 4.69) is 0 Å². The number of methoxy groups -OCH3 is 2. The topological polar surface area (TPSA) is 85.3 Å². The number of carbonyl (C=O) groups is 2. The number of carboxylic acid groups (broad SMARTS) is 1. The largest absolute Gasteiger partial charge is 0.493 e. The van der Waals surface area contributed by atoms with Crippen molar-refractivity contribution in [3.8, 4) is 11.5 Å². The molecule has 0 saturated carbocycles. The third-order valence-electron chi connectivity index (χ3n) is 4.76. The van der Waals surface area contributed by atoms with Gasteiger partial charge in [-0.15, -0.1) is 0 Å². The molecular formula is C19H27NO6. The number of fused-ring (bicyclic) bond motifs is 1. The molecule has 26 heavy (non-hydrogen) atoms. The van der Waals surface area contributed by atoms with Crippen LogP contribution >= 0.6 is 0 Å². The summed E-state index contributed by atoms with van der Waals surface area (Å²) in [5.74, 6) is -0.0396. The number of ether oxygens (including phenoxy) is 3. The van der Waals surface area contributed by atoms with E-state index in [1.807, 2.05) is 19.9 Å². The molecule has 1 heterocycles. The fourth-order valence-electron chi connectivity index (χ4n) is 3.13. The van der Waals surface area contributed by atoms with E-state index in [1.54, 1.807) is 18.1 Å². The summed E-state index contributed by atoms with van der Waals surface area (Å²) in [6, 6.07) is 3.08. The van der Waals surface area contributed by atoms with Gasteiger partial charge in [0.05, 0.1) is 32.8 Å². The lowest BCUT2D eigenvalue weighted by molar-refractivity contribution is -0.144. The molecule has 0 saturated heterocycles. The van der Waals surface area contributed by atoms with Crippen LogP contribution in [0.15, 0.2) is 12.1 Å². The van der Waals surface area contributed by atoms with Gasteiger partial charge in [-0.3, -0.25) is 9.59 Å². The predicted molar refractivity (Wildman–Crippen MR) is 95.7 cm³/mol. The van der Waals surface area contributed by atoms with E-state index in [9.17, 15) is 14.7 Å². The van der Waals surface area contributed by atoms with Gasteiger partial charge in [0.2, 0.25) is 5.91 Å². The number of carboxylic acids is 1. The van der Waals surface area contributed by atoms with E-state index in [4.69, 9.17) is 14.2 Å². The van der Waals surface area contributed by atoms with E-state index < -0.39 is 12.0 Å². The minimum Gasteiger partial charge on any atom is -0.493 e. The Morgan fingerprint density at radius 3 is 2.50 bits per heavy atom. The third-order valence-corrected chi connectivity index (χ3v) is 4.76. The Morgan fingerprint density at radius 1 is 1.27 bits per heavy atom. The molecule has 1 aliphatic heterocycles. The Kier molecular flexibility index (Phi) is 6.85. The number of benzene rings is 1. The summed E-state index contributed by atoms with van der Waals surface area (Å²) >= 11 is 0. The van der Waals surface area contributed by atoms with Gasteiger partial charge in [-0.25, -0.2) is 0 Å². The fraction of sp³-hybridized carbons (Fsp3) is 0.579. The third kappa shape index (κ3) is 4.46. The van der Waals surface area contributed by atoms with Crippen LogP contribution in [0.5, 0.6) is 11.5 Å². The van der Waals surface area contributed by atoms with Crippen molar-refractivity contribution in [2.45, 2.75) is 45.3 Å². The zero-order chi connectivity index (χ0) is 19.3. The van der Waals surface area contributed by atoms with Gasteiger partial charge in [-0.05, 0) is 43.0 Å². The normalized spacial score (nSPS) is 17.4. The SMILES string of the molecule is CCC(C)OCC(=O)N1CCc2cc(OC)c(OC)cc2C1CC(=O)O. The van der Waals surface area contributed by atoms with Gasteiger partial charge >= 0.3 is 5.97 Å². The molecular weight excluding hydrogens is 338 g/mol. The molecule has 0 fully saturated rings. The molecule has 2 atom stereocenters. The summed E-state index contributed by atoms with van der Waals surface area (Å²) < 4.78 is 16.2. The fourth-order valence-corrected chi connectivity index (χ4v) is 3.13. The monoisotopic (exact) mass is 365 g/mol. The summed E-state index contributed by atoms with van der Waals surface area (Å²) in [4.78, 5) is 25.7. The Balaban J connectivity index is 2.32. The van der Waals surface area contributed by atoms with Crippen LogP contribution in [0, 0.1) is 0 Å². The van der Waals surface area contributed by atoms with Gasteiger partial charge in [-0.1, -0.05) is 6.92 Å². The van der Waals surface area contributed by atoms with Crippen molar-refractivity contribution in [2.75, 3.05) is 27.4 Å². The molecule has 1 aromatic carbocycles. The molecule has 2 unspecified atom stereocenters.